The predicted molar refractivity (Wildman–Crippen MR) is 75.0 cm³/mol. The van der Waals surface area contributed by atoms with Crippen molar-refractivity contribution in [3.05, 3.63) is 44.3 Å². The number of rotatable bonds is 6. The van der Waals surface area contributed by atoms with Crippen LogP contribution in [0.3, 0.4) is 0 Å². The van der Waals surface area contributed by atoms with Gasteiger partial charge in [0.25, 0.3) is 0 Å². The molecule has 19 heavy (non-hydrogen) atoms. The Kier molecular flexibility index (Phi) is 5.44. The molecule has 0 aliphatic heterocycles. The summed E-state index contributed by atoms with van der Waals surface area (Å²) in [5.41, 5.74) is 13.1. The molecule has 0 fully saturated rings. The summed E-state index contributed by atoms with van der Waals surface area (Å²) in [6, 6.07) is 4.84. The molecule has 102 valence electrons. The van der Waals surface area contributed by atoms with Gasteiger partial charge in [-0.1, -0.05) is 34.4 Å². The van der Waals surface area contributed by atoms with Crippen molar-refractivity contribution in [2.24, 2.45) is 10.8 Å². The molecule has 0 aromatic heterocycles. The van der Waals surface area contributed by atoms with Crippen LogP contribution in [-0.2, 0) is 10.3 Å². The number of nitrogens with two attached hydrogens (primary N) is 1. The Labute approximate surface area is 120 Å². The summed E-state index contributed by atoms with van der Waals surface area (Å²) in [5, 5.41) is 7.06. The minimum absolute atomic E-state index is 0.209. The molecule has 1 aromatic carbocycles. The van der Waals surface area contributed by atoms with Crippen molar-refractivity contribution in [2.75, 3.05) is 13.1 Å². The number of hydrogen-bond acceptors (Lipinski definition) is 3. The first kappa shape index (κ1) is 15.6. The van der Waals surface area contributed by atoms with Gasteiger partial charge >= 0.3 is 0 Å². The van der Waals surface area contributed by atoms with Crippen molar-refractivity contribution in [1.82, 2.24) is 5.32 Å². The molecule has 0 spiro atoms. The Morgan fingerprint density at radius 3 is 2.74 bits per heavy atom. The number of nitrogens with zero attached hydrogens (tertiary/aromatic N) is 3. The third-order valence-electron chi connectivity index (χ3n) is 2.74. The number of halogens is 2. The number of azide groups is 1. The monoisotopic (exact) mass is 301 g/mol. The van der Waals surface area contributed by atoms with Crippen LogP contribution in [0.1, 0.15) is 12.5 Å². The van der Waals surface area contributed by atoms with E-state index in [9.17, 15) is 4.79 Å². The van der Waals surface area contributed by atoms with E-state index >= 15 is 0 Å². The van der Waals surface area contributed by atoms with Crippen molar-refractivity contribution in [3.63, 3.8) is 0 Å². The Morgan fingerprint density at radius 2 is 2.21 bits per heavy atom. The number of benzene rings is 1. The van der Waals surface area contributed by atoms with Crippen molar-refractivity contribution in [2.45, 2.75) is 12.5 Å². The molecule has 1 rings (SSSR count). The molecule has 0 saturated heterocycles. The fraction of sp³-hybridized carbons (Fsp3) is 0.364. The standard InChI is InChI=1S/C11H13Cl2N5O/c1-11(10(14)19,16-4-5-17-18-15)7-2-3-8(12)9(13)6-7/h2-3,6,16H,4-5H2,1H3,(H2,14,19). The fourth-order valence-corrected chi connectivity index (χ4v) is 1.84. The van der Waals surface area contributed by atoms with Crippen LogP contribution in [0.25, 0.3) is 10.4 Å². The van der Waals surface area contributed by atoms with E-state index in [-0.39, 0.29) is 6.54 Å². The first-order valence-corrected chi connectivity index (χ1v) is 6.18. The molecule has 0 saturated carbocycles. The number of carbonyl (C=O) groups excluding carboxylic acids is 1. The number of hydrogen-bond donors (Lipinski definition) is 2. The third kappa shape index (κ3) is 3.75. The van der Waals surface area contributed by atoms with Gasteiger partial charge in [-0.3, -0.25) is 10.1 Å². The van der Waals surface area contributed by atoms with Gasteiger partial charge < -0.3 is 5.73 Å². The van der Waals surface area contributed by atoms with E-state index < -0.39 is 11.4 Å². The van der Waals surface area contributed by atoms with Gasteiger partial charge in [0.05, 0.1) is 10.0 Å². The van der Waals surface area contributed by atoms with Crippen molar-refractivity contribution in [3.8, 4) is 0 Å². The highest BCUT2D eigenvalue weighted by molar-refractivity contribution is 6.42. The van der Waals surface area contributed by atoms with Crippen LogP contribution in [-0.4, -0.2) is 19.0 Å². The lowest BCUT2D eigenvalue weighted by molar-refractivity contribution is -0.124. The van der Waals surface area contributed by atoms with Gasteiger partial charge in [0.2, 0.25) is 5.91 Å². The molecule has 3 N–H and O–H groups in total. The van der Waals surface area contributed by atoms with Gasteiger partial charge in [-0.15, -0.1) is 0 Å². The minimum atomic E-state index is -1.11. The van der Waals surface area contributed by atoms with Crippen molar-refractivity contribution < 1.29 is 4.79 Å². The molecule has 1 aromatic rings. The summed E-state index contributed by atoms with van der Waals surface area (Å²) in [4.78, 5) is 14.3. The van der Waals surface area contributed by atoms with Gasteiger partial charge in [0.1, 0.15) is 5.54 Å². The number of carbonyl (C=O) groups is 1. The van der Waals surface area contributed by atoms with Crippen LogP contribution in [0.15, 0.2) is 23.3 Å². The van der Waals surface area contributed by atoms with E-state index in [1.54, 1.807) is 25.1 Å². The predicted octanol–water partition coefficient (Wildman–Crippen LogP) is 2.59. The third-order valence-corrected chi connectivity index (χ3v) is 3.48. The molecule has 0 bridgehead atoms. The maximum atomic E-state index is 11.7. The minimum Gasteiger partial charge on any atom is -0.368 e. The SMILES string of the molecule is CC(NCCN=[N+]=[N-])(C(N)=O)c1ccc(Cl)c(Cl)c1. The average Bonchev–Trinajstić information content (AvgIpc) is 2.37. The summed E-state index contributed by atoms with van der Waals surface area (Å²) >= 11 is 11.8. The maximum Gasteiger partial charge on any atom is 0.242 e. The second-order valence-corrected chi connectivity index (χ2v) is 4.81. The highest BCUT2D eigenvalue weighted by Crippen LogP contribution is 2.28. The van der Waals surface area contributed by atoms with Gasteiger partial charge in [0, 0.05) is 18.0 Å². The Morgan fingerprint density at radius 1 is 1.53 bits per heavy atom. The first-order chi connectivity index (χ1) is 8.91. The molecule has 6 nitrogen and oxygen atoms in total. The normalized spacial score (nSPS) is 13.4. The molecule has 1 atom stereocenters. The van der Waals surface area contributed by atoms with E-state index in [0.717, 1.165) is 0 Å². The van der Waals surface area contributed by atoms with E-state index in [2.05, 4.69) is 15.3 Å². The second kappa shape index (κ2) is 6.63. The molecule has 8 heteroatoms. The molecule has 0 radical (unpaired) electrons. The van der Waals surface area contributed by atoms with Crippen molar-refractivity contribution in [1.29, 1.82) is 0 Å². The summed E-state index contributed by atoms with van der Waals surface area (Å²) in [6.45, 7) is 2.15. The lowest BCUT2D eigenvalue weighted by Gasteiger charge is -2.28. The first-order valence-electron chi connectivity index (χ1n) is 5.43. The highest BCUT2D eigenvalue weighted by Gasteiger charge is 2.32. The zero-order chi connectivity index (χ0) is 14.5. The topological polar surface area (TPSA) is 104 Å². The van der Waals surface area contributed by atoms with Crippen LogP contribution in [0.2, 0.25) is 10.0 Å². The highest BCUT2D eigenvalue weighted by atomic mass is 35.5. The van der Waals surface area contributed by atoms with Crippen LogP contribution in [0.4, 0.5) is 0 Å². The zero-order valence-corrected chi connectivity index (χ0v) is 11.7. The lowest BCUT2D eigenvalue weighted by atomic mass is 9.91. The maximum absolute atomic E-state index is 11.7. The largest absolute Gasteiger partial charge is 0.368 e. The molecule has 0 heterocycles. The molecule has 1 unspecified atom stereocenters. The van der Waals surface area contributed by atoms with E-state index in [4.69, 9.17) is 34.5 Å². The van der Waals surface area contributed by atoms with Crippen LogP contribution in [0.5, 0.6) is 0 Å². The summed E-state index contributed by atoms with van der Waals surface area (Å²) in [7, 11) is 0. The van der Waals surface area contributed by atoms with E-state index in [0.29, 0.717) is 22.2 Å². The van der Waals surface area contributed by atoms with Crippen molar-refractivity contribution >= 4 is 29.1 Å². The smallest absolute Gasteiger partial charge is 0.242 e. The van der Waals surface area contributed by atoms with Crippen LogP contribution < -0.4 is 11.1 Å². The number of nitrogens with one attached hydrogen (secondary N) is 1. The molecular weight excluding hydrogens is 289 g/mol. The number of amides is 1. The fourth-order valence-electron chi connectivity index (χ4n) is 1.54. The molecule has 0 aliphatic rings. The van der Waals surface area contributed by atoms with Gasteiger partial charge in [-0.25, -0.2) is 0 Å². The molecule has 0 aliphatic carbocycles. The molecule has 1 amide bonds. The zero-order valence-electron chi connectivity index (χ0n) is 10.2. The Hall–Kier alpha value is -1.46. The summed E-state index contributed by atoms with van der Waals surface area (Å²) in [6.07, 6.45) is 0. The van der Waals surface area contributed by atoms with Crippen LogP contribution in [0, 0.1) is 0 Å². The summed E-state index contributed by atoms with van der Waals surface area (Å²) < 4.78 is 0. The Balaban J connectivity index is 3.00. The lowest BCUT2D eigenvalue weighted by Crippen LogP contribution is -2.51. The van der Waals surface area contributed by atoms with Gasteiger partial charge in [-0.2, -0.15) is 0 Å². The average molecular weight is 302 g/mol. The van der Waals surface area contributed by atoms with E-state index in [1.165, 1.54) is 0 Å². The Bertz CT molecular complexity index is 530. The second-order valence-electron chi connectivity index (χ2n) is 4.00. The van der Waals surface area contributed by atoms with Gasteiger partial charge in [0.15, 0.2) is 0 Å². The van der Waals surface area contributed by atoms with E-state index in [1.807, 2.05) is 0 Å². The molecular formula is C11H13Cl2N5O. The quantitative estimate of drug-likeness (QED) is 0.365. The summed E-state index contributed by atoms with van der Waals surface area (Å²) in [5.74, 6) is -0.563. The number of primary amides is 1. The van der Waals surface area contributed by atoms with Crippen LogP contribution >= 0.6 is 23.2 Å². The van der Waals surface area contributed by atoms with Gasteiger partial charge in [-0.05, 0) is 30.2 Å².